The lowest BCUT2D eigenvalue weighted by Crippen LogP contribution is -2.41. The number of pyridine rings is 1. The zero-order valence-electron chi connectivity index (χ0n) is 16.9. The highest BCUT2D eigenvalue weighted by Crippen LogP contribution is 2.24. The first kappa shape index (κ1) is 20.8. The molecule has 1 aromatic heterocycles. The quantitative estimate of drug-likeness (QED) is 0.599. The first-order valence-electron chi connectivity index (χ1n) is 10.3. The lowest BCUT2D eigenvalue weighted by atomic mass is 10.0. The van der Waals surface area contributed by atoms with Crippen LogP contribution in [-0.4, -0.2) is 46.4 Å². The molecule has 0 radical (unpaired) electrons. The molecule has 5 nitrogen and oxygen atoms in total. The van der Waals surface area contributed by atoms with E-state index < -0.39 is 0 Å². The first-order valence-corrected chi connectivity index (χ1v) is 10.7. The second-order valence-electron chi connectivity index (χ2n) is 7.86. The van der Waals surface area contributed by atoms with Gasteiger partial charge >= 0.3 is 0 Å². The van der Waals surface area contributed by atoms with Crippen molar-refractivity contribution in [2.75, 3.05) is 25.0 Å². The topological polar surface area (TPSA) is 65.5 Å². The van der Waals surface area contributed by atoms with Gasteiger partial charge < -0.3 is 10.4 Å². The molecule has 0 bridgehead atoms. The summed E-state index contributed by atoms with van der Waals surface area (Å²) < 4.78 is 0. The number of ketones is 1. The molecule has 156 valence electrons. The van der Waals surface area contributed by atoms with E-state index in [-0.39, 0.29) is 12.4 Å². The minimum atomic E-state index is -0.0417. The van der Waals surface area contributed by atoms with Gasteiger partial charge in [0.15, 0.2) is 5.78 Å². The number of likely N-dealkylation sites (tertiary alicyclic amines) is 1. The number of carbonyl (C=O) groups is 1. The monoisotopic (exact) mass is 423 g/mol. The number of halogens is 1. The van der Waals surface area contributed by atoms with Crippen molar-refractivity contribution < 1.29 is 9.90 Å². The number of nitrogens with one attached hydrogen (secondary N) is 1. The molecule has 4 rings (SSSR count). The van der Waals surface area contributed by atoms with Gasteiger partial charge in [-0.05, 0) is 48.7 Å². The molecule has 0 aliphatic carbocycles. The molecule has 30 heavy (non-hydrogen) atoms. The van der Waals surface area contributed by atoms with Gasteiger partial charge in [-0.25, -0.2) is 0 Å². The van der Waals surface area contributed by atoms with Gasteiger partial charge in [0.25, 0.3) is 0 Å². The second-order valence-corrected chi connectivity index (χ2v) is 8.29. The Morgan fingerprint density at radius 2 is 1.97 bits per heavy atom. The van der Waals surface area contributed by atoms with E-state index in [1.807, 2.05) is 42.5 Å². The van der Waals surface area contributed by atoms with Gasteiger partial charge in [0.1, 0.15) is 0 Å². The fourth-order valence-corrected chi connectivity index (χ4v) is 4.32. The molecule has 2 N–H and O–H groups in total. The molecule has 1 fully saturated rings. The minimum absolute atomic E-state index is 0.0417. The largest absolute Gasteiger partial charge is 0.392 e. The number of aromatic nitrogens is 1. The number of piperidine rings is 1. The van der Waals surface area contributed by atoms with Crippen molar-refractivity contribution in [1.29, 1.82) is 0 Å². The highest BCUT2D eigenvalue weighted by Gasteiger charge is 2.21. The van der Waals surface area contributed by atoms with Gasteiger partial charge in [-0.3, -0.25) is 14.7 Å². The molecule has 0 saturated carbocycles. The average Bonchev–Trinajstić information content (AvgIpc) is 2.76. The molecule has 2 aromatic carbocycles. The Balaban J connectivity index is 1.30. The molecule has 0 unspecified atom stereocenters. The van der Waals surface area contributed by atoms with Crippen molar-refractivity contribution >= 4 is 34.0 Å². The lowest BCUT2D eigenvalue weighted by molar-refractivity contribution is -0.119. The summed E-state index contributed by atoms with van der Waals surface area (Å²) in [4.78, 5) is 19.3. The highest BCUT2D eigenvalue weighted by atomic mass is 35.5. The summed E-state index contributed by atoms with van der Waals surface area (Å²) in [6.45, 7) is 2.19. The predicted molar refractivity (Wildman–Crippen MR) is 121 cm³/mol. The SMILES string of the molecule is O=C(Cc1cccc2ncccc12)CN1CCC(Nc2ccc(Cl)cc2CO)CC1. The molecule has 1 aliphatic rings. The fourth-order valence-electron chi connectivity index (χ4n) is 4.13. The molecule has 3 aromatic rings. The van der Waals surface area contributed by atoms with Crippen LogP contribution >= 0.6 is 11.6 Å². The summed E-state index contributed by atoms with van der Waals surface area (Å²) in [6, 6.07) is 15.8. The molecular formula is C24H26ClN3O2. The Morgan fingerprint density at radius 3 is 2.77 bits per heavy atom. The van der Waals surface area contributed by atoms with E-state index in [0.29, 0.717) is 24.0 Å². The van der Waals surface area contributed by atoms with Crippen LogP contribution in [0.25, 0.3) is 10.9 Å². The van der Waals surface area contributed by atoms with Crippen molar-refractivity contribution in [1.82, 2.24) is 9.88 Å². The zero-order valence-corrected chi connectivity index (χ0v) is 17.6. The number of aliphatic hydroxyl groups is 1. The Kier molecular flexibility index (Phi) is 6.62. The smallest absolute Gasteiger partial charge is 0.151 e. The van der Waals surface area contributed by atoms with Crippen molar-refractivity contribution in [3.05, 3.63) is 70.9 Å². The number of benzene rings is 2. The molecular weight excluding hydrogens is 398 g/mol. The molecule has 2 heterocycles. The van der Waals surface area contributed by atoms with Crippen molar-refractivity contribution in [3.63, 3.8) is 0 Å². The van der Waals surface area contributed by atoms with Crippen LogP contribution in [-0.2, 0) is 17.8 Å². The standard InChI is InChI=1S/C24H26ClN3O2/c25-19-6-7-23(18(13-19)16-29)27-20-8-11-28(12-9-20)15-21(30)14-17-3-1-5-24-22(17)4-2-10-26-24/h1-7,10,13,20,27,29H,8-9,11-12,14-16H2. The summed E-state index contributed by atoms with van der Waals surface area (Å²) in [5.41, 5.74) is 3.71. The number of hydrogen-bond donors (Lipinski definition) is 2. The van der Waals surface area contributed by atoms with E-state index in [0.717, 1.165) is 53.6 Å². The Hall–Kier alpha value is -2.47. The lowest BCUT2D eigenvalue weighted by Gasteiger charge is -2.32. The van der Waals surface area contributed by atoms with Crippen molar-refractivity contribution in [2.24, 2.45) is 0 Å². The van der Waals surface area contributed by atoms with Crippen LogP contribution in [0.1, 0.15) is 24.0 Å². The molecule has 1 saturated heterocycles. The van der Waals surface area contributed by atoms with Gasteiger partial charge in [-0.2, -0.15) is 0 Å². The van der Waals surface area contributed by atoms with E-state index in [4.69, 9.17) is 11.6 Å². The van der Waals surface area contributed by atoms with Gasteiger partial charge in [-0.1, -0.05) is 29.8 Å². The van der Waals surface area contributed by atoms with E-state index in [1.165, 1.54) is 0 Å². The number of aliphatic hydroxyl groups excluding tert-OH is 1. The number of Topliss-reactive ketones (excluding diaryl/α,β-unsaturated/α-hetero) is 1. The summed E-state index contributed by atoms with van der Waals surface area (Å²) in [6.07, 6.45) is 4.13. The maximum atomic E-state index is 12.7. The summed E-state index contributed by atoms with van der Waals surface area (Å²) in [5.74, 6) is 0.234. The highest BCUT2D eigenvalue weighted by molar-refractivity contribution is 6.30. The number of hydrogen-bond acceptors (Lipinski definition) is 5. The number of nitrogens with zero attached hydrogens (tertiary/aromatic N) is 2. The number of anilines is 1. The van der Waals surface area contributed by atoms with E-state index in [9.17, 15) is 9.90 Å². The van der Waals surface area contributed by atoms with E-state index in [1.54, 1.807) is 12.3 Å². The Labute approximate surface area is 181 Å². The molecule has 1 aliphatic heterocycles. The van der Waals surface area contributed by atoms with Crippen LogP contribution in [0.2, 0.25) is 5.02 Å². The summed E-state index contributed by atoms with van der Waals surface area (Å²) in [7, 11) is 0. The summed E-state index contributed by atoms with van der Waals surface area (Å²) in [5, 5.41) is 14.8. The average molecular weight is 424 g/mol. The van der Waals surface area contributed by atoms with E-state index in [2.05, 4.69) is 15.2 Å². The predicted octanol–water partition coefficient (Wildman–Crippen LogP) is 4.07. The second kappa shape index (κ2) is 9.56. The van der Waals surface area contributed by atoms with Crippen molar-refractivity contribution in [2.45, 2.75) is 31.9 Å². The fraction of sp³-hybridized carbons (Fsp3) is 0.333. The van der Waals surface area contributed by atoms with E-state index >= 15 is 0 Å². The van der Waals surface area contributed by atoms with Crippen molar-refractivity contribution in [3.8, 4) is 0 Å². The Morgan fingerprint density at radius 1 is 1.13 bits per heavy atom. The van der Waals surface area contributed by atoms with Crippen LogP contribution in [0.3, 0.4) is 0 Å². The van der Waals surface area contributed by atoms with Crippen LogP contribution in [0.5, 0.6) is 0 Å². The third-order valence-corrected chi connectivity index (χ3v) is 5.94. The normalized spacial score (nSPS) is 15.4. The molecule has 6 heteroatoms. The third kappa shape index (κ3) is 4.98. The van der Waals surface area contributed by atoms with Gasteiger partial charge in [0, 0.05) is 53.4 Å². The maximum Gasteiger partial charge on any atom is 0.151 e. The zero-order chi connectivity index (χ0) is 20.9. The van der Waals surface area contributed by atoms with Gasteiger partial charge in [0.2, 0.25) is 0 Å². The number of carbonyl (C=O) groups excluding carboxylic acids is 1. The molecule has 0 amide bonds. The Bertz CT molecular complexity index is 1030. The van der Waals surface area contributed by atoms with Crippen LogP contribution in [0.15, 0.2) is 54.7 Å². The van der Waals surface area contributed by atoms with Crippen LogP contribution in [0.4, 0.5) is 5.69 Å². The first-order chi connectivity index (χ1) is 14.6. The van der Waals surface area contributed by atoms with Gasteiger partial charge in [0.05, 0.1) is 18.7 Å². The van der Waals surface area contributed by atoms with Crippen LogP contribution < -0.4 is 5.32 Å². The summed E-state index contributed by atoms with van der Waals surface area (Å²) >= 11 is 6.02. The number of fused-ring (bicyclic) bond motifs is 1. The molecule has 0 spiro atoms. The van der Waals surface area contributed by atoms with Crippen LogP contribution in [0, 0.1) is 0 Å². The third-order valence-electron chi connectivity index (χ3n) is 5.71. The maximum absolute atomic E-state index is 12.7. The molecule has 0 atom stereocenters. The van der Waals surface area contributed by atoms with Gasteiger partial charge in [-0.15, -0.1) is 0 Å². The number of rotatable bonds is 7. The minimum Gasteiger partial charge on any atom is -0.392 e.